The summed E-state index contributed by atoms with van der Waals surface area (Å²) in [5, 5.41) is 8.38. The Hall–Kier alpha value is -2.55. The molecule has 0 fully saturated rings. The second-order valence-electron chi connectivity index (χ2n) is 3.68. The second kappa shape index (κ2) is 7.71. The number of esters is 1. The average molecular weight is 262 g/mol. The Morgan fingerprint density at radius 3 is 3.00 bits per heavy atom. The fourth-order valence-electron chi connectivity index (χ4n) is 1.17. The van der Waals surface area contributed by atoms with Crippen molar-refractivity contribution in [1.29, 1.82) is 5.26 Å². The molecule has 1 amide bonds. The Morgan fingerprint density at radius 2 is 2.37 bits per heavy atom. The molecule has 0 unspecified atom stereocenters. The zero-order valence-corrected chi connectivity index (χ0v) is 10.5. The molecule has 0 spiro atoms. The zero-order valence-electron chi connectivity index (χ0n) is 10.5. The third kappa shape index (κ3) is 5.55. The van der Waals surface area contributed by atoms with Gasteiger partial charge < -0.3 is 14.1 Å². The lowest BCUT2D eigenvalue weighted by Crippen LogP contribution is -2.31. The molecule has 0 aliphatic heterocycles. The number of likely N-dealkylation sites (N-methyl/N-ethyl adjacent to an activating group) is 1. The lowest BCUT2D eigenvalue weighted by atomic mass is 10.4. The highest BCUT2D eigenvalue weighted by Crippen LogP contribution is 2.02. The van der Waals surface area contributed by atoms with E-state index in [-0.39, 0.29) is 18.9 Å². The van der Waals surface area contributed by atoms with Crippen LogP contribution in [-0.4, -0.2) is 37.0 Å². The molecular weight excluding hydrogens is 248 g/mol. The Bertz CT molecular complexity index is 485. The van der Waals surface area contributed by atoms with Gasteiger partial charge in [0.25, 0.3) is 5.91 Å². The average Bonchev–Trinajstić information content (AvgIpc) is 2.92. The van der Waals surface area contributed by atoms with Gasteiger partial charge in [0, 0.05) is 19.7 Å². The molecule has 0 aromatic carbocycles. The molecule has 1 heterocycles. The molecule has 6 heteroatoms. The second-order valence-corrected chi connectivity index (χ2v) is 3.68. The summed E-state index contributed by atoms with van der Waals surface area (Å²) in [6.07, 6.45) is 4.36. The fourth-order valence-corrected chi connectivity index (χ4v) is 1.17. The summed E-state index contributed by atoms with van der Waals surface area (Å²) in [4.78, 5) is 24.1. The van der Waals surface area contributed by atoms with Crippen LogP contribution < -0.4 is 0 Å². The summed E-state index contributed by atoms with van der Waals surface area (Å²) >= 11 is 0. The van der Waals surface area contributed by atoms with Crippen molar-refractivity contribution in [3.8, 4) is 6.07 Å². The van der Waals surface area contributed by atoms with Gasteiger partial charge in [-0.1, -0.05) is 0 Å². The number of carbonyl (C=O) groups is 2. The third-order valence-electron chi connectivity index (χ3n) is 2.25. The molecule has 0 N–H and O–H groups in total. The number of nitrogens with zero attached hydrogens (tertiary/aromatic N) is 2. The number of amides is 1. The predicted octanol–water partition coefficient (Wildman–Crippen LogP) is 1.21. The first-order valence-corrected chi connectivity index (χ1v) is 5.62. The molecule has 0 aliphatic rings. The first kappa shape index (κ1) is 14.5. The molecule has 1 aromatic heterocycles. The van der Waals surface area contributed by atoms with E-state index in [9.17, 15) is 9.59 Å². The summed E-state index contributed by atoms with van der Waals surface area (Å²) in [6.45, 7) is -0.0294. The Kier molecular flexibility index (Phi) is 5.89. The fraction of sp³-hybridized carbons (Fsp3) is 0.308. The van der Waals surface area contributed by atoms with Crippen LogP contribution in [-0.2, 0) is 14.3 Å². The molecule has 0 atom stereocenters. The monoisotopic (exact) mass is 262 g/mol. The van der Waals surface area contributed by atoms with Gasteiger partial charge in [-0.3, -0.25) is 4.79 Å². The molecule has 0 saturated heterocycles. The predicted molar refractivity (Wildman–Crippen MR) is 66.6 cm³/mol. The van der Waals surface area contributed by atoms with Crippen molar-refractivity contribution in [3.63, 3.8) is 0 Å². The number of nitriles is 1. The van der Waals surface area contributed by atoms with E-state index in [0.29, 0.717) is 12.3 Å². The molecule has 19 heavy (non-hydrogen) atoms. The number of carbonyl (C=O) groups excluding carboxylic acids is 2. The van der Waals surface area contributed by atoms with E-state index in [4.69, 9.17) is 14.4 Å². The molecule has 0 saturated carbocycles. The lowest BCUT2D eigenvalue weighted by molar-refractivity contribution is -0.147. The standard InChI is InChI=1S/C13H14N2O4/c1-15(8-3-7-14)12(16)10-19-13(17)6-5-11-4-2-9-18-11/h2,4-6,9H,3,8,10H2,1H3. The summed E-state index contributed by atoms with van der Waals surface area (Å²) < 4.78 is 9.75. The summed E-state index contributed by atoms with van der Waals surface area (Å²) in [6, 6.07) is 5.31. The molecule has 0 radical (unpaired) electrons. The molecule has 100 valence electrons. The van der Waals surface area contributed by atoms with E-state index >= 15 is 0 Å². The normalized spacial score (nSPS) is 10.1. The first-order chi connectivity index (χ1) is 9.13. The van der Waals surface area contributed by atoms with Crippen LogP contribution in [0.15, 0.2) is 28.9 Å². The minimum Gasteiger partial charge on any atom is -0.465 e. The highest BCUT2D eigenvalue weighted by molar-refractivity contribution is 5.88. The van der Waals surface area contributed by atoms with Crippen molar-refractivity contribution < 1.29 is 18.7 Å². The van der Waals surface area contributed by atoms with Crippen LogP contribution in [0, 0.1) is 11.3 Å². The number of hydrogen-bond donors (Lipinski definition) is 0. The van der Waals surface area contributed by atoms with Gasteiger partial charge in [0.15, 0.2) is 6.61 Å². The van der Waals surface area contributed by atoms with Crippen LogP contribution in [0.4, 0.5) is 0 Å². The Morgan fingerprint density at radius 1 is 1.58 bits per heavy atom. The van der Waals surface area contributed by atoms with E-state index < -0.39 is 5.97 Å². The van der Waals surface area contributed by atoms with Crippen molar-refractivity contribution in [3.05, 3.63) is 30.2 Å². The van der Waals surface area contributed by atoms with Gasteiger partial charge in [0.1, 0.15) is 5.76 Å². The Labute approximate surface area is 110 Å². The van der Waals surface area contributed by atoms with Gasteiger partial charge in [0.05, 0.1) is 18.8 Å². The highest BCUT2D eigenvalue weighted by Gasteiger charge is 2.10. The first-order valence-electron chi connectivity index (χ1n) is 5.62. The number of rotatable bonds is 6. The van der Waals surface area contributed by atoms with E-state index in [0.717, 1.165) is 0 Å². The SMILES string of the molecule is CN(CCC#N)C(=O)COC(=O)C=Cc1ccco1. The minimum absolute atomic E-state index is 0.245. The van der Waals surface area contributed by atoms with Crippen LogP contribution in [0.2, 0.25) is 0 Å². The van der Waals surface area contributed by atoms with E-state index in [1.165, 1.54) is 23.3 Å². The highest BCUT2D eigenvalue weighted by atomic mass is 16.5. The van der Waals surface area contributed by atoms with Gasteiger partial charge in [-0.05, 0) is 18.2 Å². The van der Waals surface area contributed by atoms with Crippen molar-refractivity contribution >= 4 is 18.0 Å². The smallest absolute Gasteiger partial charge is 0.331 e. The summed E-state index contributed by atoms with van der Waals surface area (Å²) in [5.41, 5.74) is 0. The summed E-state index contributed by atoms with van der Waals surface area (Å²) in [7, 11) is 1.55. The lowest BCUT2D eigenvalue weighted by Gasteiger charge is -2.14. The zero-order chi connectivity index (χ0) is 14.1. The summed E-state index contributed by atoms with van der Waals surface area (Å²) in [5.74, 6) is -0.456. The van der Waals surface area contributed by atoms with Crippen LogP contribution >= 0.6 is 0 Å². The van der Waals surface area contributed by atoms with E-state index in [1.807, 2.05) is 6.07 Å². The number of ether oxygens (including phenoxy) is 1. The van der Waals surface area contributed by atoms with E-state index in [2.05, 4.69) is 0 Å². The topological polar surface area (TPSA) is 83.5 Å². The van der Waals surface area contributed by atoms with Crippen molar-refractivity contribution in [1.82, 2.24) is 4.90 Å². The molecular formula is C13H14N2O4. The van der Waals surface area contributed by atoms with Crippen LogP contribution in [0.3, 0.4) is 0 Å². The van der Waals surface area contributed by atoms with Crippen LogP contribution in [0.1, 0.15) is 12.2 Å². The van der Waals surface area contributed by atoms with Gasteiger partial charge in [-0.2, -0.15) is 5.26 Å². The van der Waals surface area contributed by atoms with Crippen LogP contribution in [0.25, 0.3) is 6.08 Å². The minimum atomic E-state index is -0.626. The number of hydrogen-bond acceptors (Lipinski definition) is 5. The molecule has 6 nitrogen and oxygen atoms in total. The molecule has 0 bridgehead atoms. The van der Waals surface area contributed by atoms with Crippen molar-refractivity contribution in [2.75, 3.05) is 20.2 Å². The van der Waals surface area contributed by atoms with Crippen molar-refractivity contribution in [2.24, 2.45) is 0 Å². The van der Waals surface area contributed by atoms with Gasteiger partial charge in [-0.15, -0.1) is 0 Å². The molecule has 0 aliphatic carbocycles. The van der Waals surface area contributed by atoms with Gasteiger partial charge in [-0.25, -0.2) is 4.79 Å². The maximum atomic E-state index is 11.5. The molecule has 1 rings (SSSR count). The maximum absolute atomic E-state index is 11.5. The number of furan rings is 1. The molecule has 1 aromatic rings. The van der Waals surface area contributed by atoms with E-state index in [1.54, 1.807) is 19.2 Å². The third-order valence-corrected chi connectivity index (χ3v) is 2.25. The maximum Gasteiger partial charge on any atom is 0.331 e. The van der Waals surface area contributed by atoms with Gasteiger partial charge >= 0.3 is 5.97 Å². The quantitative estimate of drug-likeness (QED) is 0.568. The van der Waals surface area contributed by atoms with Crippen molar-refractivity contribution in [2.45, 2.75) is 6.42 Å². The largest absolute Gasteiger partial charge is 0.465 e. The Balaban J connectivity index is 2.30. The van der Waals surface area contributed by atoms with Crippen LogP contribution in [0.5, 0.6) is 0 Å². The van der Waals surface area contributed by atoms with Gasteiger partial charge in [0.2, 0.25) is 0 Å².